The van der Waals surface area contributed by atoms with Crippen LogP contribution in [0.25, 0.3) is 11.4 Å². The molecule has 0 aliphatic heterocycles. The normalized spacial score (nSPS) is 10.7. The van der Waals surface area contributed by atoms with Crippen LogP contribution in [-0.4, -0.2) is 31.3 Å². The Balaban J connectivity index is 1.74. The first-order valence-electron chi connectivity index (χ1n) is 8.76. The van der Waals surface area contributed by atoms with Crippen LogP contribution >= 0.6 is 11.8 Å². The number of benzene rings is 2. The second-order valence-corrected chi connectivity index (χ2v) is 7.05. The third-order valence-corrected chi connectivity index (χ3v) is 5.19. The molecule has 0 saturated carbocycles. The van der Waals surface area contributed by atoms with Crippen molar-refractivity contribution in [3.05, 3.63) is 64.0 Å². The molecule has 1 aromatic heterocycles. The van der Waals surface area contributed by atoms with Gasteiger partial charge in [0.05, 0.1) is 10.7 Å². The Morgan fingerprint density at radius 3 is 2.76 bits per heavy atom. The van der Waals surface area contributed by atoms with E-state index < -0.39 is 4.92 Å². The number of nitro benzene ring substituents is 1. The van der Waals surface area contributed by atoms with E-state index in [4.69, 9.17) is 0 Å². The number of carbonyl (C=O) groups excluding carboxylic acids is 1. The number of halogens is 1. The molecule has 10 heteroatoms. The summed E-state index contributed by atoms with van der Waals surface area (Å²) in [5, 5.41) is 22.5. The molecule has 1 N–H and O–H groups in total. The van der Waals surface area contributed by atoms with E-state index >= 15 is 0 Å². The van der Waals surface area contributed by atoms with Crippen molar-refractivity contribution in [2.75, 3.05) is 11.1 Å². The van der Waals surface area contributed by atoms with E-state index in [1.54, 1.807) is 29.7 Å². The summed E-state index contributed by atoms with van der Waals surface area (Å²) in [6, 6.07) is 10.6. The van der Waals surface area contributed by atoms with Crippen LogP contribution in [0.1, 0.15) is 12.5 Å². The highest BCUT2D eigenvalue weighted by Crippen LogP contribution is 2.27. The molecule has 3 aromatic rings. The summed E-state index contributed by atoms with van der Waals surface area (Å²) in [4.78, 5) is 22.8. The third-order valence-electron chi connectivity index (χ3n) is 4.22. The van der Waals surface area contributed by atoms with Crippen molar-refractivity contribution >= 4 is 29.0 Å². The minimum atomic E-state index is -0.468. The second kappa shape index (κ2) is 8.82. The van der Waals surface area contributed by atoms with E-state index in [-0.39, 0.29) is 23.2 Å². The standard InChI is InChI=1S/C19H18FN5O3S/c1-3-24-18(13-6-4-7-14(10-13)25(27)28)22-23-19(24)29-11-17(26)21-16-9-5-8-15(20)12(16)2/h4-10H,3,11H2,1-2H3,(H,21,26). The van der Waals surface area contributed by atoms with Crippen LogP contribution in [-0.2, 0) is 11.3 Å². The van der Waals surface area contributed by atoms with E-state index in [1.165, 1.54) is 36.0 Å². The zero-order chi connectivity index (χ0) is 21.0. The fourth-order valence-electron chi connectivity index (χ4n) is 2.71. The van der Waals surface area contributed by atoms with Crippen molar-refractivity contribution < 1.29 is 14.1 Å². The van der Waals surface area contributed by atoms with Crippen molar-refractivity contribution in [3.63, 3.8) is 0 Å². The molecule has 2 aromatic carbocycles. The first-order valence-corrected chi connectivity index (χ1v) is 9.75. The van der Waals surface area contributed by atoms with Crippen molar-refractivity contribution in [2.24, 2.45) is 0 Å². The number of carbonyl (C=O) groups is 1. The monoisotopic (exact) mass is 415 g/mol. The molecule has 0 aliphatic carbocycles. The van der Waals surface area contributed by atoms with Gasteiger partial charge in [0, 0.05) is 35.5 Å². The van der Waals surface area contributed by atoms with Gasteiger partial charge >= 0.3 is 0 Å². The lowest BCUT2D eigenvalue weighted by molar-refractivity contribution is -0.384. The molecule has 0 radical (unpaired) electrons. The highest BCUT2D eigenvalue weighted by Gasteiger charge is 2.17. The molecule has 3 rings (SSSR count). The van der Waals surface area contributed by atoms with Gasteiger partial charge in [-0.3, -0.25) is 14.9 Å². The fraction of sp³-hybridized carbons (Fsp3) is 0.211. The fourth-order valence-corrected chi connectivity index (χ4v) is 3.51. The topological polar surface area (TPSA) is 103 Å². The molecule has 0 saturated heterocycles. The minimum Gasteiger partial charge on any atom is -0.325 e. The number of nitro groups is 1. The summed E-state index contributed by atoms with van der Waals surface area (Å²) in [6.45, 7) is 4.01. The highest BCUT2D eigenvalue weighted by atomic mass is 32.2. The summed E-state index contributed by atoms with van der Waals surface area (Å²) in [5.74, 6) is -0.141. The predicted molar refractivity (Wildman–Crippen MR) is 108 cm³/mol. The smallest absolute Gasteiger partial charge is 0.270 e. The number of non-ortho nitro benzene ring substituents is 1. The lowest BCUT2D eigenvalue weighted by Crippen LogP contribution is -2.15. The van der Waals surface area contributed by atoms with Gasteiger partial charge in [0.15, 0.2) is 11.0 Å². The van der Waals surface area contributed by atoms with Crippen LogP contribution in [0, 0.1) is 22.9 Å². The van der Waals surface area contributed by atoms with Gasteiger partial charge in [-0.2, -0.15) is 0 Å². The Bertz CT molecular complexity index is 1070. The number of amides is 1. The number of aromatic nitrogens is 3. The molecule has 0 unspecified atom stereocenters. The zero-order valence-corrected chi connectivity index (χ0v) is 16.6. The highest BCUT2D eigenvalue weighted by molar-refractivity contribution is 7.99. The summed E-state index contributed by atoms with van der Waals surface area (Å²) in [6.07, 6.45) is 0. The lowest BCUT2D eigenvalue weighted by atomic mass is 10.2. The van der Waals surface area contributed by atoms with Crippen LogP contribution in [0.15, 0.2) is 47.6 Å². The maximum atomic E-state index is 13.6. The van der Waals surface area contributed by atoms with Crippen molar-refractivity contribution in [1.82, 2.24) is 14.8 Å². The molecule has 8 nitrogen and oxygen atoms in total. The number of hydrogen-bond donors (Lipinski definition) is 1. The second-order valence-electron chi connectivity index (χ2n) is 6.11. The van der Waals surface area contributed by atoms with Crippen LogP contribution in [0.3, 0.4) is 0 Å². The Labute approximate surface area is 170 Å². The van der Waals surface area contributed by atoms with Gasteiger partial charge in [0.2, 0.25) is 5.91 Å². The average molecular weight is 415 g/mol. The Hall–Kier alpha value is -3.27. The van der Waals surface area contributed by atoms with E-state index in [1.807, 2.05) is 6.92 Å². The summed E-state index contributed by atoms with van der Waals surface area (Å²) < 4.78 is 15.4. The Kier molecular flexibility index (Phi) is 6.23. The summed E-state index contributed by atoms with van der Waals surface area (Å²) in [5.41, 5.74) is 1.33. The van der Waals surface area contributed by atoms with E-state index in [2.05, 4.69) is 15.5 Å². The van der Waals surface area contributed by atoms with Gasteiger partial charge in [-0.05, 0) is 26.0 Å². The molecule has 0 atom stereocenters. The van der Waals surface area contributed by atoms with Gasteiger partial charge in [-0.1, -0.05) is 30.0 Å². The molecule has 1 heterocycles. The molecule has 0 fully saturated rings. The lowest BCUT2D eigenvalue weighted by Gasteiger charge is -2.09. The minimum absolute atomic E-state index is 0.0350. The Morgan fingerprint density at radius 2 is 2.03 bits per heavy atom. The third kappa shape index (κ3) is 4.60. The molecule has 0 bridgehead atoms. The quantitative estimate of drug-likeness (QED) is 0.355. The summed E-state index contributed by atoms with van der Waals surface area (Å²) >= 11 is 1.18. The van der Waals surface area contributed by atoms with E-state index in [9.17, 15) is 19.3 Å². The molecular formula is C19H18FN5O3S. The van der Waals surface area contributed by atoms with Gasteiger partial charge < -0.3 is 9.88 Å². The molecule has 29 heavy (non-hydrogen) atoms. The summed E-state index contributed by atoms with van der Waals surface area (Å²) in [7, 11) is 0. The van der Waals surface area contributed by atoms with E-state index in [0.717, 1.165) is 0 Å². The molecule has 150 valence electrons. The van der Waals surface area contributed by atoms with Gasteiger partial charge in [-0.15, -0.1) is 10.2 Å². The number of thioether (sulfide) groups is 1. The first kappa shape index (κ1) is 20.5. The zero-order valence-electron chi connectivity index (χ0n) is 15.8. The first-order chi connectivity index (χ1) is 13.9. The number of nitrogens with zero attached hydrogens (tertiary/aromatic N) is 4. The van der Waals surface area contributed by atoms with Crippen LogP contribution in [0.5, 0.6) is 0 Å². The average Bonchev–Trinajstić information content (AvgIpc) is 3.13. The van der Waals surface area contributed by atoms with Crippen LogP contribution < -0.4 is 5.32 Å². The largest absolute Gasteiger partial charge is 0.325 e. The van der Waals surface area contributed by atoms with Crippen molar-refractivity contribution in [1.29, 1.82) is 0 Å². The van der Waals surface area contributed by atoms with E-state index in [0.29, 0.717) is 34.3 Å². The number of nitrogens with one attached hydrogen (secondary N) is 1. The van der Waals surface area contributed by atoms with Crippen LogP contribution in [0.2, 0.25) is 0 Å². The maximum absolute atomic E-state index is 13.6. The van der Waals surface area contributed by atoms with Crippen molar-refractivity contribution in [2.45, 2.75) is 25.5 Å². The van der Waals surface area contributed by atoms with Gasteiger partial charge in [-0.25, -0.2) is 4.39 Å². The Morgan fingerprint density at radius 1 is 1.28 bits per heavy atom. The molecule has 0 spiro atoms. The van der Waals surface area contributed by atoms with Crippen molar-refractivity contribution in [3.8, 4) is 11.4 Å². The molecule has 1 amide bonds. The van der Waals surface area contributed by atoms with Gasteiger partial charge in [0.25, 0.3) is 5.69 Å². The number of rotatable bonds is 7. The van der Waals surface area contributed by atoms with Crippen LogP contribution in [0.4, 0.5) is 15.8 Å². The van der Waals surface area contributed by atoms with Gasteiger partial charge in [0.1, 0.15) is 5.82 Å². The molecular weight excluding hydrogens is 397 g/mol. The maximum Gasteiger partial charge on any atom is 0.270 e. The number of hydrogen-bond acceptors (Lipinski definition) is 6. The molecule has 0 aliphatic rings. The predicted octanol–water partition coefficient (Wildman–Crippen LogP) is 4.05. The number of anilines is 1. The SMILES string of the molecule is CCn1c(SCC(=O)Nc2cccc(F)c2C)nnc1-c1cccc([N+](=O)[O-])c1.